The molecule has 9 aromatic rings. The second-order valence-electron chi connectivity index (χ2n) is 12.0. The molecule has 1 heterocycles. The quantitative estimate of drug-likeness (QED) is 0.164. The second kappa shape index (κ2) is 12.2. The van der Waals surface area contributed by atoms with Crippen LogP contribution < -0.4 is 9.80 Å². The highest BCUT2D eigenvalue weighted by molar-refractivity contribution is 6.22. The Labute approximate surface area is 284 Å². The summed E-state index contributed by atoms with van der Waals surface area (Å²) in [7, 11) is 0. The molecule has 0 unspecified atom stereocenters. The average molecular weight is 630 g/mol. The van der Waals surface area contributed by atoms with Gasteiger partial charge in [0.15, 0.2) is 5.58 Å². The summed E-state index contributed by atoms with van der Waals surface area (Å²) < 4.78 is 6.82. The molecule has 0 aliphatic rings. The van der Waals surface area contributed by atoms with Crippen LogP contribution in [0.3, 0.4) is 0 Å². The molecule has 4 heteroatoms. The van der Waals surface area contributed by atoms with Gasteiger partial charge in [-0.25, -0.2) is 4.98 Å². The molecule has 0 fully saturated rings. The first-order valence-corrected chi connectivity index (χ1v) is 16.5. The maximum Gasteiger partial charge on any atom is 0.227 e. The number of anilines is 6. The van der Waals surface area contributed by atoms with Crippen LogP contribution in [0, 0.1) is 0 Å². The van der Waals surface area contributed by atoms with Crippen molar-refractivity contribution in [2.24, 2.45) is 0 Å². The smallest absolute Gasteiger partial charge is 0.227 e. The van der Waals surface area contributed by atoms with Gasteiger partial charge in [-0.15, -0.1) is 0 Å². The van der Waals surface area contributed by atoms with E-state index in [9.17, 15) is 0 Å². The molecule has 4 nitrogen and oxygen atoms in total. The number of hydrogen-bond donors (Lipinski definition) is 0. The van der Waals surface area contributed by atoms with Crippen LogP contribution in [0.25, 0.3) is 44.1 Å². The molecular formula is C45H31N3O. The van der Waals surface area contributed by atoms with Crippen LogP contribution in [0.5, 0.6) is 0 Å². The third kappa shape index (κ3) is 5.16. The van der Waals surface area contributed by atoms with E-state index in [1.165, 1.54) is 5.39 Å². The van der Waals surface area contributed by atoms with E-state index >= 15 is 0 Å². The van der Waals surface area contributed by atoms with E-state index in [-0.39, 0.29) is 0 Å². The largest absolute Gasteiger partial charge is 0.435 e. The highest BCUT2D eigenvalue weighted by Crippen LogP contribution is 2.44. The van der Waals surface area contributed by atoms with E-state index in [1.54, 1.807) is 0 Å². The third-order valence-corrected chi connectivity index (χ3v) is 8.99. The average Bonchev–Trinajstić information content (AvgIpc) is 3.64. The molecule has 0 aliphatic heterocycles. The van der Waals surface area contributed by atoms with Gasteiger partial charge in [0.1, 0.15) is 5.52 Å². The number of benzene rings is 8. The van der Waals surface area contributed by atoms with Crippen molar-refractivity contribution in [1.29, 1.82) is 0 Å². The molecule has 0 radical (unpaired) electrons. The first-order chi connectivity index (χ1) is 24.3. The Morgan fingerprint density at radius 2 is 0.714 bits per heavy atom. The van der Waals surface area contributed by atoms with Crippen molar-refractivity contribution >= 4 is 66.8 Å². The summed E-state index contributed by atoms with van der Waals surface area (Å²) in [5.74, 6) is 0.571. The van der Waals surface area contributed by atoms with Crippen molar-refractivity contribution in [2.75, 3.05) is 9.80 Å². The van der Waals surface area contributed by atoms with Crippen LogP contribution in [0.2, 0.25) is 0 Å². The Bertz CT molecular complexity index is 2290. The molecule has 0 saturated heterocycles. The van der Waals surface area contributed by atoms with Gasteiger partial charge >= 0.3 is 0 Å². The van der Waals surface area contributed by atoms with Gasteiger partial charge in [0.2, 0.25) is 5.89 Å². The summed E-state index contributed by atoms with van der Waals surface area (Å²) in [5, 5.41) is 4.45. The number of para-hydroxylation sites is 4. The van der Waals surface area contributed by atoms with Gasteiger partial charge in [0, 0.05) is 50.5 Å². The molecule has 49 heavy (non-hydrogen) atoms. The zero-order valence-corrected chi connectivity index (χ0v) is 26.6. The lowest BCUT2D eigenvalue weighted by Crippen LogP contribution is -2.13. The lowest BCUT2D eigenvalue weighted by atomic mass is 10.0. The highest BCUT2D eigenvalue weighted by atomic mass is 16.3. The van der Waals surface area contributed by atoms with Crippen molar-refractivity contribution in [3.63, 3.8) is 0 Å². The van der Waals surface area contributed by atoms with Gasteiger partial charge in [0.05, 0.1) is 0 Å². The van der Waals surface area contributed by atoms with Crippen molar-refractivity contribution in [3.05, 3.63) is 188 Å². The van der Waals surface area contributed by atoms with Crippen LogP contribution in [0.15, 0.2) is 192 Å². The first kappa shape index (κ1) is 28.6. The van der Waals surface area contributed by atoms with Gasteiger partial charge in [-0.2, -0.15) is 0 Å². The summed E-state index contributed by atoms with van der Waals surface area (Å²) in [5.41, 5.74) is 8.72. The number of oxazole rings is 1. The summed E-state index contributed by atoms with van der Waals surface area (Å²) in [6.07, 6.45) is 0. The van der Waals surface area contributed by atoms with Gasteiger partial charge < -0.3 is 14.2 Å². The van der Waals surface area contributed by atoms with Crippen LogP contribution >= 0.6 is 0 Å². The summed E-state index contributed by atoms with van der Waals surface area (Å²) >= 11 is 0. The Hall–Kier alpha value is -6.65. The van der Waals surface area contributed by atoms with Gasteiger partial charge in [0.25, 0.3) is 0 Å². The molecule has 232 valence electrons. The predicted octanol–water partition coefficient (Wildman–Crippen LogP) is 12.7. The summed E-state index contributed by atoms with van der Waals surface area (Å²) in [6.45, 7) is 0. The Balaban J connectivity index is 1.34. The first-order valence-electron chi connectivity index (χ1n) is 16.5. The van der Waals surface area contributed by atoms with E-state index < -0.39 is 0 Å². The minimum atomic E-state index is 0.571. The van der Waals surface area contributed by atoms with Gasteiger partial charge in [-0.1, -0.05) is 121 Å². The lowest BCUT2D eigenvalue weighted by molar-refractivity contribution is 0.623. The zero-order chi connectivity index (χ0) is 32.6. The molecule has 0 aliphatic carbocycles. The molecule has 0 N–H and O–H groups in total. The topological polar surface area (TPSA) is 32.5 Å². The summed E-state index contributed by atoms with van der Waals surface area (Å²) in [6, 6.07) is 65.5. The molecular weight excluding hydrogens is 599 g/mol. The molecule has 0 amide bonds. The maximum absolute atomic E-state index is 6.82. The summed E-state index contributed by atoms with van der Waals surface area (Å²) in [4.78, 5) is 9.82. The second-order valence-corrected chi connectivity index (χ2v) is 12.0. The fourth-order valence-electron chi connectivity index (χ4n) is 6.83. The number of aromatic nitrogens is 1. The molecule has 8 aromatic carbocycles. The van der Waals surface area contributed by atoms with Crippen molar-refractivity contribution in [1.82, 2.24) is 4.98 Å². The molecule has 1 aromatic heterocycles. The van der Waals surface area contributed by atoms with Gasteiger partial charge in [-0.3, -0.25) is 0 Å². The Morgan fingerprint density at radius 1 is 0.347 bits per heavy atom. The van der Waals surface area contributed by atoms with Crippen molar-refractivity contribution in [2.45, 2.75) is 0 Å². The maximum atomic E-state index is 6.82. The minimum absolute atomic E-state index is 0.571. The molecule has 0 bridgehead atoms. The lowest BCUT2D eigenvalue weighted by Gasteiger charge is -2.30. The van der Waals surface area contributed by atoms with Crippen LogP contribution in [0.1, 0.15) is 0 Å². The van der Waals surface area contributed by atoms with E-state index in [0.717, 1.165) is 66.9 Å². The van der Waals surface area contributed by atoms with Crippen LogP contribution in [-0.2, 0) is 0 Å². The van der Waals surface area contributed by atoms with E-state index in [4.69, 9.17) is 9.40 Å². The molecule has 9 rings (SSSR count). The molecule has 0 spiro atoms. The number of nitrogens with zero attached hydrogens (tertiary/aromatic N) is 3. The van der Waals surface area contributed by atoms with E-state index in [0.29, 0.717) is 5.89 Å². The minimum Gasteiger partial charge on any atom is -0.435 e. The van der Waals surface area contributed by atoms with E-state index in [2.05, 4.69) is 174 Å². The van der Waals surface area contributed by atoms with Crippen molar-refractivity contribution in [3.8, 4) is 11.5 Å². The predicted molar refractivity (Wildman–Crippen MR) is 204 cm³/mol. The number of rotatable bonds is 7. The Morgan fingerprint density at radius 3 is 1.16 bits per heavy atom. The third-order valence-electron chi connectivity index (χ3n) is 8.99. The molecule has 0 atom stereocenters. The van der Waals surface area contributed by atoms with Crippen LogP contribution in [0.4, 0.5) is 34.1 Å². The zero-order valence-electron chi connectivity index (χ0n) is 26.6. The standard InChI is InChI=1S/C45H31N3O/c1-5-17-33(18-6-1)47(34-19-7-2-8-20-34)37-29-32(30-38(31-37)48(35-21-9-3-10-22-35)36-23-11-4-12-24-36)45-46-43-41-27-15-13-25-39(41)40-26-14-16-28-42(40)44(43)49-45/h1-31H. The van der Waals surface area contributed by atoms with Crippen LogP contribution in [-0.4, -0.2) is 4.98 Å². The van der Waals surface area contributed by atoms with Crippen molar-refractivity contribution < 1.29 is 4.42 Å². The normalized spacial score (nSPS) is 11.3. The molecule has 0 saturated carbocycles. The SMILES string of the molecule is c1ccc(N(c2ccccc2)c2cc(-c3nc4c5ccccc5c5ccccc5c4o3)cc(N(c3ccccc3)c3ccccc3)c2)cc1. The highest BCUT2D eigenvalue weighted by Gasteiger charge is 2.22. The number of hydrogen-bond acceptors (Lipinski definition) is 4. The van der Waals surface area contributed by atoms with Gasteiger partial charge in [-0.05, 0) is 77.5 Å². The number of fused-ring (bicyclic) bond motifs is 6. The monoisotopic (exact) mass is 629 g/mol. The van der Waals surface area contributed by atoms with E-state index in [1.807, 2.05) is 24.3 Å². The fourth-order valence-corrected chi connectivity index (χ4v) is 6.83. The fraction of sp³-hybridized carbons (Fsp3) is 0. The Kier molecular flexibility index (Phi) is 7.10.